The van der Waals surface area contributed by atoms with Crippen LogP contribution in [0.5, 0.6) is 0 Å². The third kappa shape index (κ3) is 1.76. The van der Waals surface area contributed by atoms with E-state index in [0.29, 0.717) is 6.42 Å². The molecule has 4 atom stereocenters. The van der Waals surface area contributed by atoms with Crippen LogP contribution in [0.25, 0.3) is 0 Å². The number of hydrogen-bond donors (Lipinski definition) is 4. The predicted octanol–water partition coefficient (Wildman–Crippen LogP) is 0.928. The van der Waals surface area contributed by atoms with Crippen LogP contribution in [0.2, 0.25) is 0 Å². The van der Waals surface area contributed by atoms with E-state index in [0.717, 1.165) is 12.8 Å². The monoisotopic (exact) mass is 284 g/mol. The van der Waals surface area contributed by atoms with Crippen molar-refractivity contribution >= 4 is 5.97 Å². The third-order valence-corrected chi connectivity index (χ3v) is 5.53. The van der Waals surface area contributed by atoms with Gasteiger partial charge in [-0.3, -0.25) is 0 Å². The summed E-state index contributed by atoms with van der Waals surface area (Å²) in [7, 11) is 0. The van der Waals surface area contributed by atoms with Crippen LogP contribution in [0.3, 0.4) is 0 Å². The fourth-order valence-electron chi connectivity index (χ4n) is 4.67. The zero-order chi connectivity index (χ0) is 15.3. The number of aliphatic hydroxyl groups excluding tert-OH is 2. The minimum Gasteiger partial charge on any atom is -0.479 e. The lowest BCUT2D eigenvalue weighted by molar-refractivity contribution is -0.199. The molecular weight excluding hydrogens is 260 g/mol. The molecule has 0 radical (unpaired) electrons. The Morgan fingerprint density at radius 3 is 2.45 bits per heavy atom. The minimum atomic E-state index is -2.12. The van der Waals surface area contributed by atoms with Gasteiger partial charge in [-0.05, 0) is 23.8 Å². The van der Waals surface area contributed by atoms with Gasteiger partial charge >= 0.3 is 5.97 Å². The summed E-state index contributed by atoms with van der Waals surface area (Å²) >= 11 is 0. The summed E-state index contributed by atoms with van der Waals surface area (Å²) in [5, 5.41) is 40.3. The first-order chi connectivity index (χ1) is 9.11. The van der Waals surface area contributed by atoms with Crippen LogP contribution >= 0.6 is 0 Å². The summed E-state index contributed by atoms with van der Waals surface area (Å²) in [6.45, 7) is 5.15. The molecule has 2 aliphatic rings. The Labute approximate surface area is 118 Å². The zero-order valence-corrected chi connectivity index (χ0v) is 12.3. The van der Waals surface area contributed by atoms with E-state index in [1.165, 1.54) is 6.08 Å². The number of carboxylic acids is 1. The average Bonchev–Trinajstić information content (AvgIpc) is 2.32. The molecule has 1 fully saturated rings. The van der Waals surface area contributed by atoms with Crippen molar-refractivity contribution < 1.29 is 25.2 Å². The van der Waals surface area contributed by atoms with Gasteiger partial charge in [-0.15, -0.1) is 0 Å². The number of rotatable bonds is 2. The SMILES string of the molecule is CC1(C)CCCC2(C)C1C(O)C=C(CO)C2(O)C(=O)O. The zero-order valence-electron chi connectivity index (χ0n) is 12.3. The van der Waals surface area contributed by atoms with Crippen LogP contribution in [0.1, 0.15) is 40.0 Å². The van der Waals surface area contributed by atoms with E-state index in [9.17, 15) is 25.2 Å². The van der Waals surface area contributed by atoms with Crippen LogP contribution in [0, 0.1) is 16.7 Å². The molecule has 4 unspecified atom stereocenters. The Morgan fingerprint density at radius 2 is 1.95 bits per heavy atom. The maximum absolute atomic E-state index is 11.7. The molecule has 0 aromatic heterocycles. The smallest absolute Gasteiger partial charge is 0.340 e. The Balaban J connectivity index is 2.67. The summed E-state index contributed by atoms with van der Waals surface area (Å²) in [5.41, 5.74) is -3.39. The summed E-state index contributed by atoms with van der Waals surface area (Å²) in [6, 6.07) is 0. The highest BCUT2D eigenvalue weighted by atomic mass is 16.4. The van der Waals surface area contributed by atoms with E-state index in [1.807, 2.05) is 13.8 Å². The van der Waals surface area contributed by atoms with E-state index in [1.54, 1.807) is 6.92 Å². The van der Waals surface area contributed by atoms with Crippen molar-refractivity contribution in [1.82, 2.24) is 0 Å². The fraction of sp³-hybridized carbons (Fsp3) is 0.800. The van der Waals surface area contributed by atoms with Crippen molar-refractivity contribution in [2.24, 2.45) is 16.7 Å². The molecule has 0 heterocycles. The second kappa shape index (κ2) is 4.55. The number of hydrogen-bond acceptors (Lipinski definition) is 4. The third-order valence-electron chi connectivity index (χ3n) is 5.53. The van der Waals surface area contributed by atoms with Crippen LogP contribution in [-0.4, -0.2) is 44.7 Å². The van der Waals surface area contributed by atoms with Gasteiger partial charge in [0.25, 0.3) is 0 Å². The average molecular weight is 284 g/mol. The first kappa shape index (κ1) is 15.5. The van der Waals surface area contributed by atoms with Gasteiger partial charge in [0.15, 0.2) is 5.60 Å². The van der Waals surface area contributed by atoms with Crippen molar-refractivity contribution in [2.75, 3.05) is 6.61 Å². The largest absolute Gasteiger partial charge is 0.479 e. The Hall–Kier alpha value is -0.910. The summed E-state index contributed by atoms with van der Waals surface area (Å²) in [6.07, 6.45) is 2.66. The van der Waals surface area contributed by atoms with Crippen LogP contribution in [0.15, 0.2) is 11.6 Å². The van der Waals surface area contributed by atoms with Gasteiger partial charge in [-0.2, -0.15) is 0 Å². The molecule has 114 valence electrons. The highest BCUT2D eigenvalue weighted by molar-refractivity contribution is 5.83. The van der Waals surface area contributed by atoms with Crippen molar-refractivity contribution in [1.29, 1.82) is 0 Å². The number of fused-ring (bicyclic) bond motifs is 1. The molecule has 0 saturated heterocycles. The highest BCUT2D eigenvalue weighted by Crippen LogP contribution is 2.61. The number of carboxylic acid groups (broad SMARTS) is 1. The van der Waals surface area contributed by atoms with E-state index in [2.05, 4.69) is 0 Å². The first-order valence-electron chi connectivity index (χ1n) is 7.07. The molecule has 0 spiro atoms. The molecule has 0 aliphatic heterocycles. The van der Waals surface area contributed by atoms with Gasteiger partial charge in [0.05, 0.1) is 12.7 Å². The van der Waals surface area contributed by atoms with E-state index in [-0.39, 0.29) is 16.9 Å². The molecule has 20 heavy (non-hydrogen) atoms. The molecule has 0 aromatic carbocycles. The molecule has 0 amide bonds. The van der Waals surface area contributed by atoms with Crippen LogP contribution in [-0.2, 0) is 4.79 Å². The van der Waals surface area contributed by atoms with Gasteiger partial charge < -0.3 is 20.4 Å². The molecule has 2 aliphatic carbocycles. The maximum Gasteiger partial charge on any atom is 0.340 e. The number of aliphatic hydroxyl groups is 3. The molecular formula is C15H24O5. The Bertz CT molecular complexity index is 455. The molecule has 4 N–H and O–H groups in total. The summed E-state index contributed by atoms with van der Waals surface area (Å²) in [5.74, 6) is -1.71. The molecule has 0 aromatic rings. The fourth-order valence-corrected chi connectivity index (χ4v) is 4.67. The second-order valence-electron chi connectivity index (χ2n) is 7.09. The van der Waals surface area contributed by atoms with Gasteiger partial charge in [-0.1, -0.05) is 33.3 Å². The maximum atomic E-state index is 11.7. The normalized spacial score (nSPS) is 43.6. The lowest BCUT2D eigenvalue weighted by Crippen LogP contribution is -2.66. The number of aliphatic carboxylic acids is 1. The second-order valence-corrected chi connectivity index (χ2v) is 7.09. The van der Waals surface area contributed by atoms with E-state index >= 15 is 0 Å². The quantitative estimate of drug-likeness (QED) is 0.565. The first-order valence-corrected chi connectivity index (χ1v) is 7.07. The van der Waals surface area contributed by atoms with Crippen LogP contribution in [0.4, 0.5) is 0 Å². The van der Waals surface area contributed by atoms with E-state index in [4.69, 9.17) is 0 Å². The topological polar surface area (TPSA) is 98.0 Å². The molecule has 5 heteroatoms. The number of carbonyl (C=O) groups is 1. The van der Waals surface area contributed by atoms with Gasteiger partial charge in [0, 0.05) is 11.3 Å². The molecule has 2 rings (SSSR count). The predicted molar refractivity (Wildman–Crippen MR) is 73.0 cm³/mol. The molecule has 5 nitrogen and oxygen atoms in total. The standard InChI is InChI=1S/C15H24O5/c1-13(2)5-4-6-14(3)11(13)10(17)7-9(8-16)15(14,20)12(18)19/h7,10-11,16-17,20H,4-6,8H2,1-3H3,(H,18,19). The Morgan fingerprint density at radius 1 is 1.35 bits per heavy atom. The van der Waals surface area contributed by atoms with Crippen molar-refractivity contribution in [2.45, 2.75) is 51.7 Å². The van der Waals surface area contributed by atoms with Gasteiger partial charge in [0.1, 0.15) is 0 Å². The summed E-state index contributed by atoms with van der Waals surface area (Å²) < 4.78 is 0. The van der Waals surface area contributed by atoms with Crippen molar-refractivity contribution in [3.05, 3.63) is 11.6 Å². The van der Waals surface area contributed by atoms with Gasteiger partial charge in [0.2, 0.25) is 0 Å². The molecule has 1 saturated carbocycles. The lowest BCUT2D eigenvalue weighted by atomic mass is 9.46. The van der Waals surface area contributed by atoms with E-state index < -0.39 is 29.7 Å². The van der Waals surface area contributed by atoms with Gasteiger partial charge in [-0.25, -0.2) is 4.79 Å². The van der Waals surface area contributed by atoms with Crippen molar-refractivity contribution in [3.63, 3.8) is 0 Å². The van der Waals surface area contributed by atoms with Crippen molar-refractivity contribution in [3.8, 4) is 0 Å². The molecule has 0 bridgehead atoms. The Kier molecular flexibility index (Phi) is 3.52. The lowest BCUT2D eigenvalue weighted by Gasteiger charge is -2.59. The van der Waals surface area contributed by atoms with Crippen LogP contribution < -0.4 is 0 Å². The summed E-state index contributed by atoms with van der Waals surface area (Å²) in [4.78, 5) is 11.7. The minimum absolute atomic E-state index is 0.00560. The highest BCUT2D eigenvalue weighted by Gasteiger charge is 2.66.